The molecular formula is C42H48FN5O4. The summed E-state index contributed by atoms with van der Waals surface area (Å²) < 4.78 is 15.9. The molecule has 0 unspecified atom stereocenters. The Morgan fingerprint density at radius 2 is 1.58 bits per heavy atom. The molecule has 9 rings (SSSR count). The Balaban J connectivity index is 0.779. The fourth-order valence-electron chi connectivity index (χ4n) is 9.93. The molecule has 3 amide bonds. The number of piperazine rings is 1. The van der Waals surface area contributed by atoms with Crippen LogP contribution in [0.1, 0.15) is 83.5 Å². The number of amides is 3. The third-order valence-electron chi connectivity index (χ3n) is 12.9. The van der Waals surface area contributed by atoms with Crippen molar-refractivity contribution in [2.24, 2.45) is 17.8 Å². The molecule has 0 radical (unpaired) electrons. The number of phenolic OH excluding ortho intramolecular Hbond substituents is 1. The number of benzene rings is 3. The highest BCUT2D eigenvalue weighted by molar-refractivity contribution is 6.05. The van der Waals surface area contributed by atoms with Gasteiger partial charge in [0.2, 0.25) is 11.8 Å². The number of aromatic hydroxyl groups is 1. The molecule has 4 fully saturated rings. The van der Waals surface area contributed by atoms with Crippen LogP contribution in [0.15, 0.2) is 54.6 Å². The molecule has 3 aromatic rings. The third kappa shape index (κ3) is 6.33. The van der Waals surface area contributed by atoms with E-state index in [1.54, 1.807) is 17.0 Å². The van der Waals surface area contributed by atoms with Crippen molar-refractivity contribution in [3.8, 4) is 5.75 Å². The number of piperidine rings is 2. The zero-order chi connectivity index (χ0) is 35.5. The molecule has 4 aliphatic heterocycles. The van der Waals surface area contributed by atoms with Crippen LogP contribution >= 0.6 is 0 Å². The topological polar surface area (TPSA) is 96.4 Å². The van der Waals surface area contributed by atoms with Gasteiger partial charge < -0.3 is 19.8 Å². The summed E-state index contributed by atoms with van der Waals surface area (Å²) in [5, 5.41) is 12.5. The fourth-order valence-corrected chi connectivity index (χ4v) is 9.93. The van der Waals surface area contributed by atoms with E-state index >= 15 is 4.39 Å². The highest BCUT2D eigenvalue weighted by Crippen LogP contribution is 2.52. The van der Waals surface area contributed by atoms with Gasteiger partial charge in [-0.15, -0.1) is 0 Å². The maximum Gasteiger partial charge on any atom is 0.255 e. The number of aryl methyl sites for hydroxylation is 1. The molecular weight excluding hydrogens is 657 g/mol. The number of hydrogen-bond donors (Lipinski definition) is 2. The van der Waals surface area contributed by atoms with Crippen molar-refractivity contribution in [1.82, 2.24) is 15.1 Å². The van der Waals surface area contributed by atoms with Gasteiger partial charge in [0.05, 0.1) is 5.69 Å². The maximum atomic E-state index is 15.9. The minimum atomic E-state index is -0.599. The minimum absolute atomic E-state index is 0.118. The lowest BCUT2D eigenvalue weighted by Gasteiger charge is -2.40. The monoisotopic (exact) mass is 705 g/mol. The van der Waals surface area contributed by atoms with Crippen LogP contribution in [-0.2, 0) is 22.6 Å². The Hall–Kier alpha value is -4.44. The first-order valence-corrected chi connectivity index (χ1v) is 19.4. The Morgan fingerprint density at radius 3 is 2.33 bits per heavy atom. The van der Waals surface area contributed by atoms with Gasteiger partial charge in [0.15, 0.2) is 0 Å². The SMILES string of the molecule is O=C1CC[C@@H](N2Cc3cc(N4CCN(CC5CCN(c6ccc([C@H]7c8ccc(O)cc8CC[C@H]7C7CC7)cc6F)CC5)CC4)ccc3C2=O)C(=O)N1. The van der Waals surface area contributed by atoms with Crippen LogP contribution in [0.25, 0.3) is 0 Å². The van der Waals surface area contributed by atoms with Crippen LogP contribution in [0, 0.1) is 23.6 Å². The molecule has 0 spiro atoms. The maximum absolute atomic E-state index is 15.9. The molecule has 4 heterocycles. The normalized spacial score (nSPS) is 25.7. The highest BCUT2D eigenvalue weighted by atomic mass is 19.1. The van der Waals surface area contributed by atoms with E-state index in [4.69, 9.17) is 0 Å². The molecule has 0 aromatic heterocycles. The first kappa shape index (κ1) is 33.4. The molecule has 10 heteroatoms. The summed E-state index contributed by atoms with van der Waals surface area (Å²) >= 11 is 0. The Kier molecular flexibility index (Phi) is 8.68. The Bertz CT molecular complexity index is 1900. The predicted molar refractivity (Wildman–Crippen MR) is 197 cm³/mol. The van der Waals surface area contributed by atoms with Gasteiger partial charge >= 0.3 is 0 Å². The van der Waals surface area contributed by atoms with Crippen molar-refractivity contribution in [3.63, 3.8) is 0 Å². The molecule has 6 aliphatic rings. The predicted octanol–water partition coefficient (Wildman–Crippen LogP) is 5.44. The van der Waals surface area contributed by atoms with Gasteiger partial charge in [-0.1, -0.05) is 12.1 Å². The van der Waals surface area contributed by atoms with Crippen LogP contribution in [0.2, 0.25) is 0 Å². The van der Waals surface area contributed by atoms with Crippen molar-refractivity contribution in [1.29, 1.82) is 0 Å². The fraction of sp³-hybridized carbons (Fsp3) is 0.500. The number of halogens is 1. The van der Waals surface area contributed by atoms with E-state index in [2.05, 4.69) is 38.2 Å². The van der Waals surface area contributed by atoms with Crippen molar-refractivity contribution >= 4 is 29.1 Å². The van der Waals surface area contributed by atoms with Gasteiger partial charge in [-0.3, -0.25) is 24.6 Å². The van der Waals surface area contributed by atoms with Crippen molar-refractivity contribution in [3.05, 3.63) is 88.2 Å². The number of carbonyl (C=O) groups excluding carboxylic acids is 3. The molecule has 272 valence electrons. The number of carbonyl (C=O) groups is 3. The third-order valence-corrected chi connectivity index (χ3v) is 12.9. The molecule has 3 atom stereocenters. The van der Waals surface area contributed by atoms with Gasteiger partial charge in [0, 0.05) is 75.9 Å². The standard InChI is InChI=1S/C42H48FN5O4/c43-36-23-29(40-33(27-1-2-27)7-3-28-22-32(49)6-9-34(28)40)4-10-37(36)47-15-13-26(14-16-47)24-45-17-19-46(20-18-45)31-5-8-35-30(21-31)25-48(42(35)52)38-11-12-39(50)44-41(38)51/h4-6,8-10,21-23,26-27,33,38,40,49H,1-3,7,11-20,24-25H2,(H,44,50,51)/t33-,38+,40+/m0/s1. The highest BCUT2D eigenvalue weighted by Gasteiger charge is 2.42. The van der Waals surface area contributed by atoms with Gasteiger partial charge in [0.25, 0.3) is 5.91 Å². The van der Waals surface area contributed by atoms with Crippen LogP contribution in [0.4, 0.5) is 15.8 Å². The number of fused-ring (bicyclic) bond motifs is 2. The summed E-state index contributed by atoms with van der Waals surface area (Å²) in [5.41, 5.74) is 6.95. The first-order valence-electron chi connectivity index (χ1n) is 19.4. The number of anilines is 2. The second-order valence-electron chi connectivity index (χ2n) is 16.1. The smallest absolute Gasteiger partial charge is 0.255 e. The van der Waals surface area contributed by atoms with Crippen molar-refractivity contribution in [2.75, 3.05) is 55.6 Å². The second kappa shape index (κ2) is 13.5. The average Bonchev–Trinajstić information content (AvgIpc) is 3.95. The Labute approximate surface area is 304 Å². The first-order chi connectivity index (χ1) is 25.3. The number of nitrogens with one attached hydrogen (secondary N) is 1. The molecule has 3 aromatic carbocycles. The molecule has 1 saturated carbocycles. The summed E-state index contributed by atoms with van der Waals surface area (Å²) in [6, 6.07) is 17.2. The number of phenols is 1. The van der Waals surface area contributed by atoms with E-state index in [0.717, 1.165) is 99.9 Å². The van der Waals surface area contributed by atoms with Gasteiger partial charge in [-0.25, -0.2) is 4.39 Å². The quantitative estimate of drug-likeness (QED) is 0.317. The van der Waals surface area contributed by atoms with Crippen LogP contribution in [0.5, 0.6) is 5.75 Å². The van der Waals surface area contributed by atoms with Gasteiger partial charge in [0.1, 0.15) is 17.6 Å². The van der Waals surface area contributed by atoms with Gasteiger partial charge in [-0.2, -0.15) is 0 Å². The van der Waals surface area contributed by atoms with E-state index in [0.29, 0.717) is 36.1 Å². The lowest BCUT2D eigenvalue weighted by molar-refractivity contribution is -0.136. The lowest BCUT2D eigenvalue weighted by Crippen LogP contribution is -2.52. The molecule has 2 N–H and O–H groups in total. The molecule has 9 nitrogen and oxygen atoms in total. The zero-order valence-electron chi connectivity index (χ0n) is 29.7. The number of imide groups is 1. The number of rotatable bonds is 7. The summed E-state index contributed by atoms with van der Waals surface area (Å²) in [4.78, 5) is 46.0. The second-order valence-corrected chi connectivity index (χ2v) is 16.1. The lowest BCUT2D eigenvalue weighted by atomic mass is 9.70. The van der Waals surface area contributed by atoms with E-state index < -0.39 is 6.04 Å². The average molecular weight is 706 g/mol. The summed E-state index contributed by atoms with van der Waals surface area (Å²) in [7, 11) is 0. The van der Waals surface area contributed by atoms with E-state index in [9.17, 15) is 19.5 Å². The number of nitrogens with zero attached hydrogens (tertiary/aromatic N) is 4. The summed E-state index contributed by atoms with van der Waals surface area (Å²) in [5.74, 6) is 1.44. The molecule has 3 saturated heterocycles. The van der Waals surface area contributed by atoms with Crippen LogP contribution in [-0.4, -0.2) is 84.5 Å². The largest absolute Gasteiger partial charge is 0.508 e. The van der Waals surface area contributed by atoms with Gasteiger partial charge in [-0.05, 0) is 127 Å². The minimum Gasteiger partial charge on any atom is -0.508 e. The van der Waals surface area contributed by atoms with Crippen LogP contribution < -0.4 is 15.1 Å². The molecule has 2 aliphatic carbocycles. The van der Waals surface area contributed by atoms with E-state index in [1.807, 2.05) is 24.3 Å². The zero-order valence-corrected chi connectivity index (χ0v) is 29.7. The van der Waals surface area contributed by atoms with Crippen LogP contribution in [0.3, 0.4) is 0 Å². The van der Waals surface area contributed by atoms with Crippen molar-refractivity contribution < 1.29 is 23.9 Å². The number of hydrogen-bond acceptors (Lipinski definition) is 7. The molecule has 0 bridgehead atoms. The van der Waals surface area contributed by atoms with E-state index in [1.165, 1.54) is 24.0 Å². The summed E-state index contributed by atoms with van der Waals surface area (Å²) in [6.07, 6.45) is 7.34. The Morgan fingerprint density at radius 1 is 0.769 bits per heavy atom. The van der Waals surface area contributed by atoms with Crippen molar-refractivity contribution in [2.45, 2.75) is 69.9 Å². The summed E-state index contributed by atoms with van der Waals surface area (Å²) in [6.45, 7) is 6.94. The van der Waals surface area contributed by atoms with E-state index in [-0.39, 0.29) is 35.9 Å². The molecule has 52 heavy (non-hydrogen) atoms.